The minimum atomic E-state index is -0.159. The van der Waals surface area contributed by atoms with Crippen molar-refractivity contribution in [2.45, 2.75) is 26.2 Å². The van der Waals surface area contributed by atoms with Crippen LogP contribution in [0.25, 0.3) is 5.69 Å². The first kappa shape index (κ1) is 14.6. The van der Waals surface area contributed by atoms with Crippen molar-refractivity contribution < 1.29 is 4.79 Å². The largest absolute Gasteiger partial charge is 0.320 e. The van der Waals surface area contributed by atoms with Crippen molar-refractivity contribution in [3.8, 4) is 5.69 Å². The summed E-state index contributed by atoms with van der Waals surface area (Å²) in [5.74, 6) is -0.159. The van der Waals surface area contributed by atoms with Crippen molar-refractivity contribution in [1.82, 2.24) is 14.8 Å². The molecule has 0 radical (unpaired) electrons. The molecule has 24 heavy (non-hydrogen) atoms. The minimum absolute atomic E-state index is 0.159. The van der Waals surface area contributed by atoms with Crippen molar-refractivity contribution >= 4 is 11.6 Å². The molecule has 1 aromatic carbocycles. The van der Waals surface area contributed by atoms with Gasteiger partial charge in [0.1, 0.15) is 0 Å². The third-order valence-electron chi connectivity index (χ3n) is 4.30. The van der Waals surface area contributed by atoms with Crippen molar-refractivity contribution in [2.75, 3.05) is 5.32 Å². The summed E-state index contributed by atoms with van der Waals surface area (Å²) in [7, 11) is 0. The Morgan fingerprint density at radius 3 is 2.79 bits per heavy atom. The topological polar surface area (TPSA) is 59.8 Å². The van der Waals surface area contributed by atoms with E-state index in [1.54, 1.807) is 12.3 Å². The van der Waals surface area contributed by atoms with Crippen LogP contribution in [0.5, 0.6) is 0 Å². The third-order valence-corrected chi connectivity index (χ3v) is 4.30. The van der Waals surface area contributed by atoms with E-state index < -0.39 is 0 Å². The summed E-state index contributed by atoms with van der Waals surface area (Å²) in [6, 6.07) is 13.6. The van der Waals surface area contributed by atoms with Crippen molar-refractivity contribution in [2.24, 2.45) is 0 Å². The van der Waals surface area contributed by atoms with Crippen LogP contribution in [0.3, 0.4) is 0 Å². The molecule has 4 rings (SSSR count). The van der Waals surface area contributed by atoms with Gasteiger partial charge in [-0.25, -0.2) is 4.68 Å². The number of aromatic nitrogens is 3. The predicted octanol–water partition coefficient (Wildman–Crippen LogP) is 3.32. The molecule has 0 unspecified atom stereocenters. The molecule has 2 aromatic heterocycles. The second-order valence-electron chi connectivity index (χ2n) is 6.01. The molecule has 5 heteroatoms. The monoisotopic (exact) mass is 318 g/mol. The summed E-state index contributed by atoms with van der Waals surface area (Å²) in [6.07, 6.45) is 4.62. The number of amides is 1. The highest BCUT2D eigenvalue weighted by molar-refractivity contribution is 6.04. The molecule has 0 bridgehead atoms. The Balaban J connectivity index is 1.70. The molecule has 2 heterocycles. The molecule has 0 atom stereocenters. The summed E-state index contributed by atoms with van der Waals surface area (Å²) in [4.78, 5) is 16.9. The number of aryl methyl sites for hydroxylation is 1. The summed E-state index contributed by atoms with van der Waals surface area (Å²) in [5.41, 5.74) is 5.36. The standard InChI is InChI=1S/C19H18N4O/c1-13-12-14(10-11-20-13)21-19(24)18-16-8-5-9-17(16)23(22-18)15-6-3-2-4-7-15/h2-4,6-7,10-12H,5,8-9H2,1H3,(H,20,21,24). The predicted molar refractivity (Wildman–Crippen MR) is 92.5 cm³/mol. The van der Waals surface area contributed by atoms with Gasteiger partial charge in [-0.05, 0) is 50.5 Å². The van der Waals surface area contributed by atoms with Gasteiger partial charge < -0.3 is 5.32 Å². The Labute approximate surface area is 140 Å². The Bertz CT molecular complexity index is 899. The average molecular weight is 318 g/mol. The number of nitrogens with one attached hydrogen (secondary N) is 1. The molecule has 0 aliphatic heterocycles. The van der Waals surface area contributed by atoms with Crippen molar-refractivity contribution in [3.63, 3.8) is 0 Å². The van der Waals surface area contributed by atoms with Crippen LogP contribution in [0.15, 0.2) is 48.7 Å². The van der Waals surface area contributed by atoms with Gasteiger partial charge in [-0.3, -0.25) is 9.78 Å². The van der Waals surface area contributed by atoms with E-state index in [1.165, 1.54) is 0 Å². The van der Waals surface area contributed by atoms with Crippen LogP contribution in [0, 0.1) is 6.92 Å². The zero-order chi connectivity index (χ0) is 16.5. The maximum absolute atomic E-state index is 12.7. The fraction of sp³-hybridized carbons (Fsp3) is 0.211. The molecule has 1 N–H and O–H groups in total. The number of benzene rings is 1. The molecule has 5 nitrogen and oxygen atoms in total. The number of rotatable bonds is 3. The lowest BCUT2D eigenvalue weighted by molar-refractivity contribution is 0.102. The Hall–Kier alpha value is -2.95. The molecule has 0 fully saturated rings. The van der Waals surface area contributed by atoms with Crippen molar-refractivity contribution in [3.05, 3.63) is 71.3 Å². The highest BCUT2D eigenvalue weighted by Gasteiger charge is 2.26. The van der Waals surface area contributed by atoms with Gasteiger partial charge in [0.05, 0.1) is 5.69 Å². The van der Waals surface area contributed by atoms with E-state index in [4.69, 9.17) is 0 Å². The first-order valence-electron chi connectivity index (χ1n) is 8.12. The lowest BCUT2D eigenvalue weighted by atomic mass is 10.2. The Morgan fingerprint density at radius 2 is 2.00 bits per heavy atom. The summed E-state index contributed by atoms with van der Waals surface area (Å²) in [6.45, 7) is 1.90. The van der Waals surface area contributed by atoms with Crippen LogP contribution < -0.4 is 5.32 Å². The van der Waals surface area contributed by atoms with Crippen molar-refractivity contribution in [1.29, 1.82) is 0 Å². The first-order valence-corrected chi connectivity index (χ1v) is 8.12. The zero-order valence-electron chi connectivity index (χ0n) is 13.5. The molecule has 0 saturated carbocycles. The van der Waals surface area contributed by atoms with Gasteiger partial charge in [-0.2, -0.15) is 5.10 Å². The van der Waals surface area contributed by atoms with E-state index in [1.807, 2.05) is 48.0 Å². The lowest BCUT2D eigenvalue weighted by Gasteiger charge is -2.05. The second kappa shape index (κ2) is 5.92. The number of pyridine rings is 1. The Kier molecular flexibility index (Phi) is 3.61. The summed E-state index contributed by atoms with van der Waals surface area (Å²) >= 11 is 0. The zero-order valence-corrected chi connectivity index (χ0v) is 13.5. The normalized spacial score (nSPS) is 12.9. The highest BCUT2D eigenvalue weighted by atomic mass is 16.2. The Morgan fingerprint density at radius 1 is 1.17 bits per heavy atom. The maximum Gasteiger partial charge on any atom is 0.276 e. The van der Waals surface area contributed by atoms with E-state index in [2.05, 4.69) is 15.4 Å². The van der Waals surface area contributed by atoms with Gasteiger partial charge >= 0.3 is 0 Å². The average Bonchev–Trinajstić information content (AvgIpc) is 3.17. The van der Waals surface area contributed by atoms with Gasteiger partial charge in [0.25, 0.3) is 5.91 Å². The van der Waals surface area contributed by atoms with Crippen LogP contribution >= 0.6 is 0 Å². The summed E-state index contributed by atoms with van der Waals surface area (Å²) in [5, 5.41) is 7.55. The number of fused-ring (bicyclic) bond motifs is 1. The quantitative estimate of drug-likeness (QED) is 0.806. The van der Waals surface area contributed by atoms with E-state index in [0.717, 1.165) is 47.6 Å². The number of para-hydroxylation sites is 1. The van der Waals surface area contributed by atoms with Gasteiger partial charge in [0.2, 0.25) is 0 Å². The van der Waals surface area contributed by atoms with E-state index in [0.29, 0.717) is 5.69 Å². The number of anilines is 1. The molecule has 3 aromatic rings. The third kappa shape index (κ3) is 2.58. The van der Waals surface area contributed by atoms with Gasteiger partial charge in [0, 0.05) is 28.8 Å². The highest BCUT2D eigenvalue weighted by Crippen LogP contribution is 2.28. The molecule has 1 amide bonds. The number of carbonyl (C=O) groups is 1. The van der Waals surface area contributed by atoms with E-state index in [-0.39, 0.29) is 5.91 Å². The molecular formula is C19H18N4O. The smallest absolute Gasteiger partial charge is 0.276 e. The first-order chi connectivity index (χ1) is 11.7. The fourth-order valence-electron chi connectivity index (χ4n) is 3.22. The van der Waals surface area contributed by atoms with E-state index in [9.17, 15) is 4.79 Å². The minimum Gasteiger partial charge on any atom is -0.320 e. The molecule has 1 aliphatic rings. The lowest BCUT2D eigenvalue weighted by Crippen LogP contribution is -2.15. The molecule has 0 saturated heterocycles. The summed E-state index contributed by atoms with van der Waals surface area (Å²) < 4.78 is 1.91. The van der Waals surface area contributed by atoms with E-state index >= 15 is 0 Å². The molecule has 0 spiro atoms. The molecule has 1 aliphatic carbocycles. The van der Waals surface area contributed by atoms with Gasteiger partial charge in [-0.15, -0.1) is 0 Å². The van der Waals surface area contributed by atoms with Crippen LogP contribution in [0.2, 0.25) is 0 Å². The number of hydrogen-bond acceptors (Lipinski definition) is 3. The maximum atomic E-state index is 12.7. The van der Waals surface area contributed by atoms with Crippen LogP contribution in [0.4, 0.5) is 5.69 Å². The number of carbonyl (C=O) groups excluding carboxylic acids is 1. The van der Waals surface area contributed by atoms with Gasteiger partial charge in [0.15, 0.2) is 5.69 Å². The number of nitrogens with zero attached hydrogens (tertiary/aromatic N) is 3. The molecular weight excluding hydrogens is 300 g/mol. The second-order valence-corrected chi connectivity index (χ2v) is 6.01. The number of hydrogen-bond donors (Lipinski definition) is 1. The van der Waals surface area contributed by atoms with Gasteiger partial charge in [-0.1, -0.05) is 18.2 Å². The molecule has 120 valence electrons. The van der Waals surface area contributed by atoms with Crippen LogP contribution in [0.1, 0.15) is 33.9 Å². The van der Waals surface area contributed by atoms with Crippen LogP contribution in [-0.2, 0) is 12.8 Å². The SMILES string of the molecule is Cc1cc(NC(=O)c2nn(-c3ccccc3)c3c2CCC3)ccn1. The van der Waals surface area contributed by atoms with Crippen LogP contribution in [-0.4, -0.2) is 20.7 Å². The fourth-order valence-corrected chi connectivity index (χ4v) is 3.22.